The molecule has 0 N–H and O–H groups in total. The molecular formula is C20H26N4O2. The van der Waals surface area contributed by atoms with Crippen molar-refractivity contribution in [2.45, 2.75) is 45.1 Å². The van der Waals surface area contributed by atoms with Crippen LogP contribution in [0.15, 0.2) is 28.8 Å². The third-order valence-corrected chi connectivity index (χ3v) is 5.52. The predicted molar refractivity (Wildman–Crippen MR) is 98.0 cm³/mol. The van der Waals surface area contributed by atoms with Crippen LogP contribution in [0.1, 0.15) is 66.3 Å². The number of piperazine rings is 1. The van der Waals surface area contributed by atoms with Gasteiger partial charge in [-0.15, -0.1) is 0 Å². The second-order valence-corrected chi connectivity index (χ2v) is 7.32. The van der Waals surface area contributed by atoms with Gasteiger partial charge in [0.05, 0.1) is 6.04 Å². The molecule has 0 spiro atoms. The largest absolute Gasteiger partial charge is 0.338 e. The normalized spacial score (nSPS) is 19.5. The van der Waals surface area contributed by atoms with Crippen LogP contribution in [0.3, 0.4) is 0 Å². The van der Waals surface area contributed by atoms with Crippen molar-refractivity contribution in [1.29, 1.82) is 0 Å². The summed E-state index contributed by atoms with van der Waals surface area (Å²) in [7, 11) is 0. The molecule has 6 nitrogen and oxygen atoms in total. The van der Waals surface area contributed by atoms with E-state index in [0.29, 0.717) is 11.8 Å². The lowest BCUT2D eigenvalue weighted by atomic mass is 10.1. The van der Waals surface area contributed by atoms with Gasteiger partial charge in [-0.3, -0.25) is 9.69 Å². The van der Waals surface area contributed by atoms with Gasteiger partial charge >= 0.3 is 0 Å². The topological polar surface area (TPSA) is 62.5 Å². The van der Waals surface area contributed by atoms with E-state index in [0.717, 1.165) is 44.0 Å². The van der Waals surface area contributed by atoms with Crippen LogP contribution in [0.5, 0.6) is 0 Å². The summed E-state index contributed by atoms with van der Waals surface area (Å²) < 4.78 is 5.46. The number of carbonyl (C=O) groups excluding carboxylic acids is 1. The molecule has 1 unspecified atom stereocenters. The van der Waals surface area contributed by atoms with Gasteiger partial charge in [0.15, 0.2) is 5.82 Å². The fraction of sp³-hybridized carbons (Fsp3) is 0.550. The Kier molecular flexibility index (Phi) is 4.76. The molecule has 1 saturated carbocycles. The maximum atomic E-state index is 12.7. The molecule has 1 aliphatic heterocycles. The molecule has 1 aliphatic carbocycles. The maximum Gasteiger partial charge on any atom is 0.253 e. The molecule has 6 heteroatoms. The predicted octanol–water partition coefficient (Wildman–Crippen LogP) is 3.03. The zero-order valence-corrected chi connectivity index (χ0v) is 15.5. The lowest BCUT2D eigenvalue weighted by Crippen LogP contribution is -2.49. The summed E-state index contributed by atoms with van der Waals surface area (Å²) >= 11 is 0. The van der Waals surface area contributed by atoms with Crippen molar-refractivity contribution < 1.29 is 9.32 Å². The first-order valence-corrected chi connectivity index (χ1v) is 9.61. The molecule has 4 rings (SSSR count). The lowest BCUT2D eigenvalue weighted by Gasteiger charge is -2.36. The average molecular weight is 354 g/mol. The highest BCUT2D eigenvalue weighted by Crippen LogP contribution is 2.38. The van der Waals surface area contributed by atoms with Crippen molar-refractivity contribution in [3.05, 3.63) is 47.1 Å². The molecule has 1 saturated heterocycles. The summed E-state index contributed by atoms with van der Waals surface area (Å²) in [5.41, 5.74) is 2.03. The van der Waals surface area contributed by atoms with E-state index >= 15 is 0 Å². The van der Waals surface area contributed by atoms with E-state index in [-0.39, 0.29) is 11.9 Å². The van der Waals surface area contributed by atoms with Gasteiger partial charge in [-0.25, -0.2) is 0 Å². The van der Waals surface area contributed by atoms with Crippen LogP contribution >= 0.6 is 0 Å². The highest BCUT2D eigenvalue weighted by atomic mass is 16.5. The van der Waals surface area contributed by atoms with E-state index in [4.69, 9.17) is 4.52 Å². The van der Waals surface area contributed by atoms with Crippen molar-refractivity contribution in [3.8, 4) is 0 Å². The quantitative estimate of drug-likeness (QED) is 0.826. The molecule has 26 heavy (non-hydrogen) atoms. The highest BCUT2D eigenvalue weighted by Gasteiger charge is 2.32. The average Bonchev–Trinajstić information content (AvgIpc) is 3.44. The van der Waals surface area contributed by atoms with Crippen LogP contribution in [0.25, 0.3) is 0 Å². The minimum absolute atomic E-state index is 0.0936. The fourth-order valence-corrected chi connectivity index (χ4v) is 3.46. The molecule has 2 fully saturated rings. The molecule has 2 heterocycles. The minimum atomic E-state index is 0.0936. The molecule has 1 aromatic carbocycles. The smallest absolute Gasteiger partial charge is 0.253 e. The van der Waals surface area contributed by atoms with Gasteiger partial charge in [-0.1, -0.05) is 24.2 Å². The van der Waals surface area contributed by atoms with Crippen LogP contribution in [0.4, 0.5) is 0 Å². The monoisotopic (exact) mass is 354 g/mol. The number of hydrogen-bond donors (Lipinski definition) is 0. The van der Waals surface area contributed by atoms with Crippen LogP contribution in [0, 0.1) is 0 Å². The van der Waals surface area contributed by atoms with E-state index in [2.05, 4.69) is 28.9 Å². The van der Waals surface area contributed by atoms with E-state index in [1.165, 1.54) is 18.4 Å². The Morgan fingerprint density at radius 1 is 1.19 bits per heavy atom. The van der Waals surface area contributed by atoms with Crippen molar-refractivity contribution in [3.63, 3.8) is 0 Å². The SMILES string of the molecule is CCc1ccc(C(=O)N2CCN(C(C)c3nc(C4CC4)no3)CC2)cc1. The Bertz CT molecular complexity index is 758. The Hall–Kier alpha value is -2.21. The molecule has 1 atom stereocenters. The molecule has 138 valence electrons. The summed E-state index contributed by atoms with van der Waals surface area (Å²) in [6.07, 6.45) is 3.34. The summed E-state index contributed by atoms with van der Waals surface area (Å²) in [4.78, 5) is 21.5. The van der Waals surface area contributed by atoms with E-state index in [9.17, 15) is 4.79 Å². The number of aryl methyl sites for hydroxylation is 1. The van der Waals surface area contributed by atoms with Gasteiger partial charge in [0.2, 0.25) is 5.89 Å². The zero-order valence-electron chi connectivity index (χ0n) is 15.5. The molecule has 2 aliphatic rings. The van der Waals surface area contributed by atoms with Crippen molar-refractivity contribution in [2.75, 3.05) is 26.2 Å². The molecule has 1 aromatic heterocycles. The van der Waals surface area contributed by atoms with Gasteiger partial charge in [-0.05, 0) is 43.9 Å². The zero-order chi connectivity index (χ0) is 18.1. The molecule has 2 aromatic rings. The van der Waals surface area contributed by atoms with E-state index in [1.54, 1.807) is 0 Å². The van der Waals surface area contributed by atoms with Gasteiger partial charge in [0.25, 0.3) is 5.91 Å². The molecule has 0 bridgehead atoms. The Morgan fingerprint density at radius 3 is 2.50 bits per heavy atom. The van der Waals surface area contributed by atoms with E-state index in [1.807, 2.05) is 29.2 Å². The number of nitrogens with zero attached hydrogens (tertiary/aromatic N) is 4. The number of hydrogen-bond acceptors (Lipinski definition) is 5. The first kappa shape index (κ1) is 17.2. The number of rotatable bonds is 5. The number of aromatic nitrogens is 2. The number of carbonyl (C=O) groups is 1. The standard InChI is InChI=1S/C20H26N4O2/c1-3-15-4-6-17(7-5-15)20(25)24-12-10-23(11-13-24)14(2)19-21-18(22-26-19)16-8-9-16/h4-7,14,16H,3,8-13H2,1-2H3. The summed E-state index contributed by atoms with van der Waals surface area (Å²) in [6.45, 7) is 7.31. The van der Waals surface area contributed by atoms with Gasteiger partial charge in [-0.2, -0.15) is 4.98 Å². The summed E-state index contributed by atoms with van der Waals surface area (Å²) in [5.74, 6) is 2.18. The fourth-order valence-electron chi connectivity index (χ4n) is 3.46. The third-order valence-electron chi connectivity index (χ3n) is 5.52. The van der Waals surface area contributed by atoms with Crippen LogP contribution in [-0.2, 0) is 6.42 Å². The van der Waals surface area contributed by atoms with Crippen LogP contribution in [0.2, 0.25) is 0 Å². The lowest BCUT2D eigenvalue weighted by molar-refractivity contribution is 0.0551. The van der Waals surface area contributed by atoms with E-state index < -0.39 is 0 Å². The first-order valence-electron chi connectivity index (χ1n) is 9.61. The molecule has 1 amide bonds. The van der Waals surface area contributed by atoms with Gasteiger partial charge in [0, 0.05) is 37.7 Å². The summed E-state index contributed by atoms with van der Waals surface area (Å²) in [5, 5.41) is 4.11. The Balaban J connectivity index is 1.34. The minimum Gasteiger partial charge on any atom is -0.338 e. The number of benzene rings is 1. The van der Waals surface area contributed by atoms with Crippen LogP contribution < -0.4 is 0 Å². The van der Waals surface area contributed by atoms with Crippen molar-refractivity contribution in [1.82, 2.24) is 19.9 Å². The van der Waals surface area contributed by atoms with Crippen LogP contribution in [-0.4, -0.2) is 52.0 Å². The highest BCUT2D eigenvalue weighted by molar-refractivity contribution is 5.94. The summed E-state index contributed by atoms with van der Waals surface area (Å²) in [6, 6.07) is 8.05. The molecular weight excluding hydrogens is 328 g/mol. The van der Waals surface area contributed by atoms with Crippen molar-refractivity contribution in [2.24, 2.45) is 0 Å². The Morgan fingerprint density at radius 2 is 1.88 bits per heavy atom. The number of amides is 1. The van der Waals surface area contributed by atoms with Gasteiger partial charge in [0.1, 0.15) is 0 Å². The van der Waals surface area contributed by atoms with Gasteiger partial charge < -0.3 is 9.42 Å². The maximum absolute atomic E-state index is 12.7. The Labute approximate surface area is 154 Å². The first-order chi connectivity index (χ1) is 12.7. The second kappa shape index (κ2) is 7.19. The molecule has 0 radical (unpaired) electrons. The third kappa shape index (κ3) is 3.51. The second-order valence-electron chi connectivity index (χ2n) is 7.32. The van der Waals surface area contributed by atoms with Crippen molar-refractivity contribution >= 4 is 5.91 Å².